The summed E-state index contributed by atoms with van der Waals surface area (Å²) in [6.07, 6.45) is 5.65. The monoisotopic (exact) mass is 229 g/mol. The van der Waals surface area contributed by atoms with Crippen molar-refractivity contribution in [2.45, 2.75) is 44.4 Å². The number of likely N-dealkylation sites (tertiary alicyclic amines) is 1. The van der Waals surface area contributed by atoms with Gasteiger partial charge < -0.3 is 4.90 Å². The van der Waals surface area contributed by atoms with E-state index in [1.54, 1.807) is 0 Å². The number of halogens is 1. The predicted octanol–water partition coefficient (Wildman–Crippen LogP) is 2.65. The average molecular weight is 230 g/mol. The maximum atomic E-state index is 12.2. The summed E-state index contributed by atoms with van der Waals surface area (Å²) in [7, 11) is 0. The van der Waals surface area contributed by atoms with Gasteiger partial charge in [-0.2, -0.15) is 0 Å². The van der Waals surface area contributed by atoms with Crippen LogP contribution < -0.4 is 0 Å². The fourth-order valence-electron chi connectivity index (χ4n) is 2.87. The Kier molecular flexibility index (Phi) is 3.55. The van der Waals surface area contributed by atoms with Gasteiger partial charge in [-0.3, -0.25) is 4.79 Å². The molecule has 3 heteroatoms. The highest BCUT2D eigenvalue weighted by Crippen LogP contribution is 2.33. The molecule has 1 aliphatic heterocycles. The zero-order chi connectivity index (χ0) is 10.8. The van der Waals surface area contributed by atoms with Crippen molar-refractivity contribution in [1.29, 1.82) is 0 Å². The molecule has 2 rings (SSSR count). The van der Waals surface area contributed by atoms with E-state index in [-0.39, 0.29) is 11.3 Å². The van der Waals surface area contributed by atoms with Crippen molar-refractivity contribution in [3.63, 3.8) is 0 Å². The Bertz CT molecular complexity index is 244. The van der Waals surface area contributed by atoms with E-state index in [1.807, 2.05) is 4.90 Å². The third-order valence-corrected chi connectivity index (χ3v) is 4.21. The minimum absolute atomic E-state index is 0.180. The molecule has 3 atom stereocenters. The summed E-state index contributed by atoms with van der Waals surface area (Å²) in [6.45, 7) is 3.90. The zero-order valence-corrected chi connectivity index (χ0v) is 10.2. The molecule has 3 unspecified atom stereocenters. The molecule has 1 heterocycles. The van der Waals surface area contributed by atoms with Crippen LogP contribution in [0, 0.1) is 11.8 Å². The van der Waals surface area contributed by atoms with E-state index in [2.05, 4.69) is 6.92 Å². The van der Waals surface area contributed by atoms with Crippen molar-refractivity contribution in [1.82, 2.24) is 4.90 Å². The highest BCUT2D eigenvalue weighted by atomic mass is 35.5. The van der Waals surface area contributed by atoms with Gasteiger partial charge in [0.1, 0.15) is 0 Å². The molecule has 2 nitrogen and oxygen atoms in total. The van der Waals surface area contributed by atoms with Crippen LogP contribution in [0.3, 0.4) is 0 Å². The Morgan fingerprint density at radius 3 is 2.67 bits per heavy atom. The van der Waals surface area contributed by atoms with Crippen LogP contribution >= 0.6 is 11.6 Å². The summed E-state index contributed by atoms with van der Waals surface area (Å²) < 4.78 is 0. The number of hydrogen-bond acceptors (Lipinski definition) is 1. The average Bonchev–Trinajstić information content (AvgIpc) is 2.63. The number of hydrogen-bond donors (Lipinski definition) is 0. The second-order valence-corrected chi connectivity index (χ2v) is 5.66. The largest absolute Gasteiger partial charge is 0.341 e. The van der Waals surface area contributed by atoms with E-state index in [0.717, 1.165) is 32.4 Å². The number of rotatable bonds is 1. The van der Waals surface area contributed by atoms with Gasteiger partial charge in [0, 0.05) is 19.0 Å². The van der Waals surface area contributed by atoms with Crippen LogP contribution in [0.5, 0.6) is 0 Å². The molecule has 0 spiro atoms. The van der Waals surface area contributed by atoms with Gasteiger partial charge in [-0.1, -0.05) is 13.3 Å². The number of carbonyl (C=O) groups is 1. The van der Waals surface area contributed by atoms with Crippen molar-refractivity contribution in [2.75, 3.05) is 13.1 Å². The first-order valence-corrected chi connectivity index (χ1v) is 6.55. The van der Waals surface area contributed by atoms with Gasteiger partial charge in [-0.25, -0.2) is 0 Å². The second-order valence-electron chi connectivity index (χ2n) is 5.04. The summed E-state index contributed by atoms with van der Waals surface area (Å²) in [5.41, 5.74) is 0. The molecule has 1 saturated carbocycles. The van der Waals surface area contributed by atoms with Gasteiger partial charge in [0.2, 0.25) is 5.91 Å². The zero-order valence-electron chi connectivity index (χ0n) is 9.42. The standard InChI is InChI=1S/C12H20ClNO/c1-9-4-2-6-11(9)12(15)14-7-3-5-10(13)8-14/h9-11H,2-8H2,1H3. The van der Waals surface area contributed by atoms with E-state index in [1.165, 1.54) is 12.8 Å². The molecule has 0 radical (unpaired) electrons. The molecule has 0 aromatic carbocycles. The number of amides is 1. The Hall–Kier alpha value is -0.240. The van der Waals surface area contributed by atoms with Crippen molar-refractivity contribution < 1.29 is 4.79 Å². The first-order valence-electron chi connectivity index (χ1n) is 6.11. The Morgan fingerprint density at radius 2 is 2.07 bits per heavy atom. The van der Waals surface area contributed by atoms with E-state index in [9.17, 15) is 4.79 Å². The molecule has 0 aromatic heterocycles. The van der Waals surface area contributed by atoms with Crippen LogP contribution in [0.2, 0.25) is 0 Å². The lowest BCUT2D eigenvalue weighted by atomic mass is 9.95. The molecule has 2 fully saturated rings. The first-order chi connectivity index (χ1) is 7.18. The normalized spacial score (nSPS) is 36.9. The summed E-state index contributed by atoms with van der Waals surface area (Å²) in [4.78, 5) is 14.2. The molecule has 0 N–H and O–H groups in total. The first kappa shape index (κ1) is 11.3. The van der Waals surface area contributed by atoms with Crippen LogP contribution in [0.1, 0.15) is 39.0 Å². The van der Waals surface area contributed by atoms with Gasteiger partial charge in [-0.15, -0.1) is 11.6 Å². The smallest absolute Gasteiger partial charge is 0.225 e. The van der Waals surface area contributed by atoms with Crippen molar-refractivity contribution >= 4 is 17.5 Å². The Morgan fingerprint density at radius 1 is 1.27 bits per heavy atom. The van der Waals surface area contributed by atoms with Gasteiger partial charge in [0.15, 0.2) is 0 Å². The second kappa shape index (κ2) is 4.73. The molecule has 1 saturated heterocycles. The summed E-state index contributed by atoms with van der Waals surface area (Å²) in [5, 5.41) is 0.180. The van der Waals surface area contributed by atoms with Crippen LogP contribution in [0.15, 0.2) is 0 Å². The number of alkyl halides is 1. The lowest BCUT2D eigenvalue weighted by molar-refractivity contribution is -0.137. The summed E-state index contributed by atoms with van der Waals surface area (Å²) in [5.74, 6) is 1.23. The minimum atomic E-state index is 0.180. The fourth-order valence-corrected chi connectivity index (χ4v) is 3.19. The molecule has 0 bridgehead atoms. The van der Waals surface area contributed by atoms with Crippen molar-refractivity contribution in [3.05, 3.63) is 0 Å². The molecule has 86 valence electrons. The fraction of sp³-hybridized carbons (Fsp3) is 0.917. The third kappa shape index (κ3) is 2.47. The predicted molar refractivity (Wildman–Crippen MR) is 62.0 cm³/mol. The Labute approximate surface area is 97.0 Å². The van der Waals surface area contributed by atoms with Crippen LogP contribution in [-0.4, -0.2) is 29.3 Å². The van der Waals surface area contributed by atoms with E-state index < -0.39 is 0 Å². The lowest BCUT2D eigenvalue weighted by Gasteiger charge is -2.32. The third-order valence-electron chi connectivity index (χ3n) is 3.85. The maximum Gasteiger partial charge on any atom is 0.225 e. The van der Waals surface area contributed by atoms with Gasteiger partial charge >= 0.3 is 0 Å². The molecule has 15 heavy (non-hydrogen) atoms. The lowest BCUT2D eigenvalue weighted by Crippen LogP contribution is -2.44. The molecular weight excluding hydrogens is 210 g/mol. The van der Waals surface area contributed by atoms with E-state index in [4.69, 9.17) is 11.6 Å². The SMILES string of the molecule is CC1CCCC1C(=O)N1CCCC(Cl)C1. The van der Waals surface area contributed by atoms with Crippen LogP contribution in [0.4, 0.5) is 0 Å². The molecule has 2 aliphatic rings. The van der Waals surface area contributed by atoms with Crippen LogP contribution in [-0.2, 0) is 4.79 Å². The Balaban J connectivity index is 1.94. The van der Waals surface area contributed by atoms with Crippen LogP contribution in [0.25, 0.3) is 0 Å². The molecule has 1 amide bonds. The highest BCUT2D eigenvalue weighted by Gasteiger charge is 2.34. The summed E-state index contributed by atoms with van der Waals surface area (Å²) >= 11 is 6.10. The van der Waals surface area contributed by atoms with Gasteiger partial charge in [-0.05, 0) is 31.6 Å². The number of carbonyl (C=O) groups excluding carboxylic acids is 1. The van der Waals surface area contributed by atoms with Gasteiger partial charge in [0.05, 0.1) is 5.38 Å². The highest BCUT2D eigenvalue weighted by molar-refractivity contribution is 6.20. The quantitative estimate of drug-likeness (QED) is 0.633. The minimum Gasteiger partial charge on any atom is -0.341 e. The number of piperidine rings is 1. The summed E-state index contributed by atoms with van der Waals surface area (Å²) in [6, 6.07) is 0. The van der Waals surface area contributed by atoms with Crippen molar-refractivity contribution in [2.24, 2.45) is 11.8 Å². The molecular formula is C12H20ClNO. The maximum absolute atomic E-state index is 12.2. The van der Waals surface area contributed by atoms with E-state index in [0.29, 0.717) is 11.8 Å². The topological polar surface area (TPSA) is 20.3 Å². The molecule has 0 aromatic rings. The van der Waals surface area contributed by atoms with Gasteiger partial charge in [0.25, 0.3) is 0 Å². The number of nitrogens with zero attached hydrogens (tertiary/aromatic N) is 1. The molecule has 1 aliphatic carbocycles. The van der Waals surface area contributed by atoms with Crippen molar-refractivity contribution in [3.8, 4) is 0 Å². The van der Waals surface area contributed by atoms with E-state index >= 15 is 0 Å².